The van der Waals surface area contributed by atoms with Gasteiger partial charge in [-0.05, 0) is 67.1 Å². The van der Waals surface area contributed by atoms with Gasteiger partial charge in [-0.2, -0.15) is 0 Å². The van der Waals surface area contributed by atoms with Gasteiger partial charge in [-0.15, -0.1) is 23.1 Å². The quantitative estimate of drug-likeness (QED) is 0.0452. The standard InChI is InChI=1S/C37H33N5O7S2/c1-4-33(36(45)41-37-40-29(22-50-37)24-17-18-31(48-2)32(20-24)49-3)51-27-15-10-14-26(21-27)38-35(44)28(39-34(43)23-11-6-5-7-12-23)19-25-13-8-9-16-30(25)42(46)47/h5-22,33H,4H2,1-3H3,(H,38,44)(H,39,43)(H,40,41,45)/b28-19+. The lowest BCUT2D eigenvalue weighted by molar-refractivity contribution is -0.385. The lowest BCUT2D eigenvalue weighted by atomic mass is 10.1. The summed E-state index contributed by atoms with van der Waals surface area (Å²) in [5.41, 5.74) is 1.89. The first kappa shape index (κ1) is 36.3. The number of methoxy groups -OCH3 is 2. The molecule has 3 amide bonds. The summed E-state index contributed by atoms with van der Waals surface area (Å²) in [6.45, 7) is 1.90. The maximum Gasteiger partial charge on any atom is 0.276 e. The van der Waals surface area contributed by atoms with Crippen LogP contribution in [0.4, 0.5) is 16.5 Å². The van der Waals surface area contributed by atoms with Gasteiger partial charge in [-0.3, -0.25) is 24.5 Å². The smallest absolute Gasteiger partial charge is 0.276 e. The number of carbonyl (C=O) groups is 3. The molecule has 0 bridgehead atoms. The first-order chi connectivity index (χ1) is 24.7. The van der Waals surface area contributed by atoms with E-state index >= 15 is 0 Å². The fourth-order valence-corrected chi connectivity index (χ4v) is 6.59. The number of nitro groups is 1. The number of nitrogens with zero attached hydrogens (tertiary/aromatic N) is 2. The summed E-state index contributed by atoms with van der Waals surface area (Å²) >= 11 is 2.62. The highest BCUT2D eigenvalue weighted by atomic mass is 32.2. The number of para-hydroxylation sites is 1. The molecule has 51 heavy (non-hydrogen) atoms. The van der Waals surface area contributed by atoms with Gasteiger partial charge in [0.05, 0.1) is 35.7 Å². The SMILES string of the molecule is CCC(Sc1cccc(NC(=O)/C(=C\c2ccccc2[N+](=O)[O-])NC(=O)c2ccccc2)c1)C(=O)Nc1nc(-c2ccc(OC)c(OC)c2)cs1. The molecule has 0 aliphatic carbocycles. The van der Waals surface area contributed by atoms with Crippen LogP contribution in [0.15, 0.2) is 113 Å². The molecule has 0 aliphatic heterocycles. The molecule has 12 nitrogen and oxygen atoms in total. The van der Waals surface area contributed by atoms with E-state index in [2.05, 4.69) is 20.9 Å². The number of carbonyl (C=O) groups excluding carboxylic acids is 3. The molecule has 3 N–H and O–H groups in total. The summed E-state index contributed by atoms with van der Waals surface area (Å²) in [7, 11) is 3.12. The Bertz CT molecular complexity index is 2080. The van der Waals surface area contributed by atoms with Crippen molar-refractivity contribution in [2.45, 2.75) is 23.5 Å². The van der Waals surface area contributed by atoms with E-state index in [0.717, 1.165) is 5.56 Å². The van der Waals surface area contributed by atoms with Gasteiger partial charge in [-0.1, -0.05) is 43.3 Å². The monoisotopic (exact) mass is 723 g/mol. The lowest BCUT2D eigenvalue weighted by Crippen LogP contribution is -2.30. The summed E-state index contributed by atoms with van der Waals surface area (Å²) < 4.78 is 10.7. The van der Waals surface area contributed by atoms with Crippen molar-refractivity contribution < 1.29 is 28.8 Å². The van der Waals surface area contributed by atoms with Gasteiger partial charge in [0.2, 0.25) is 5.91 Å². The zero-order valence-electron chi connectivity index (χ0n) is 27.7. The van der Waals surface area contributed by atoms with Crippen molar-refractivity contribution in [1.82, 2.24) is 10.3 Å². The second-order valence-electron chi connectivity index (χ2n) is 10.8. The van der Waals surface area contributed by atoms with E-state index < -0.39 is 22.0 Å². The number of hydrogen-bond acceptors (Lipinski definition) is 10. The Morgan fingerprint density at radius 3 is 2.39 bits per heavy atom. The third kappa shape index (κ3) is 9.38. The molecule has 0 spiro atoms. The minimum atomic E-state index is -0.696. The summed E-state index contributed by atoms with van der Waals surface area (Å²) in [4.78, 5) is 56.3. The minimum absolute atomic E-state index is 0.137. The number of anilines is 2. The maximum absolute atomic E-state index is 13.6. The topological polar surface area (TPSA) is 162 Å². The Morgan fingerprint density at radius 2 is 1.67 bits per heavy atom. The number of rotatable bonds is 14. The largest absolute Gasteiger partial charge is 0.493 e. The van der Waals surface area contributed by atoms with Crippen LogP contribution in [0, 0.1) is 10.1 Å². The van der Waals surface area contributed by atoms with Crippen molar-refractivity contribution >= 4 is 63.4 Å². The van der Waals surface area contributed by atoms with Crippen molar-refractivity contribution in [3.05, 3.63) is 129 Å². The van der Waals surface area contributed by atoms with Gasteiger partial charge in [-0.25, -0.2) is 4.98 Å². The summed E-state index contributed by atoms with van der Waals surface area (Å²) in [5.74, 6) is -0.324. The van der Waals surface area contributed by atoms with Gasteiger partial charge < -0.3 is 25.4 Å². The average Bonchev–Trinajstić information content (AvgIpc) is 3.62. The lowest BCUT2D eigenvalue weighted by Gasteiger charge is -2.15. The van der Waals surface area contributed by atoms with Crippen LogP contribution in [-0.2, 0) is 9.59 Å². The molecule has 0 aliphatic rings. The highest BCUT2D eigenvalue weighted by molar-refractivity contribution is 8.00. The van der Waals surface area contributed by atoms with E-state index in [9.17, 15) is 24.5 Å². The highest BCUT2D eigenvalue weighted by Crippen LogP contribution is 2.34. The number of nitrogens with one attached hydrogen (secondary N) is 3. The second kappa shape index (κ2) is 17.1. The molecule has 1 unspecified atom stereocenters. The Kier molecular flexibility index (Phi) is 12.2. The number of hydrogen-bond donors (Lipinski definition) is 3. The number of amides is 3. The van der Waals surface area contributed by atoms with Crippen LogP contribution in [0.3, 0.4) is 0 Å². The maximum atomic E-state index is 13.6. The number of nitro benzene ring substituents is 1. The van der Waals surface area contributed by atoms with E-state index in [1.807, 2.05) is 30.5 Å². The van der Waals surface area contributed by atoms with E-state index in [1.54, 1.807) is 74.9 Å². The molecule has 5 aromatic rings. The first-order valence-corrected chi connectivity index (χ1v) is 17.3. The first-order valence-electron chi connectivity index (χ1n) is 15.6. The van der Waals surface area contributed by atoms with Crippen LogP contribution in [0.1, 0.15) is 29.3 Å². The molecular formula is C37H33N5O7S2. The van der Waals surface area contributed by atoms with Crippen molar-refractivity contribution in [2.75, 3.05) is 24.9 Å². The molecule has 0 saturated carbocycles. The zero-order chi connectivity index (χ0) is 36.3. The van der Waals surface area contributed by atoms with Gasteiger partial charge in [0.15, 0.2) is 16.6 Å². The molecular weight excluding hydrogens is 691 g/mol. The van der Waals surface area contributed by atoms with E-state index in [1.165, 1.54) is 47.4 Å². The van der Waals surface area contributed by atoms with Crippen molar-refractivity contribution in [3.8, 4) is 22.8 Å². The van der Waals surface area contributed by atoms with Crippen LogP contribution >= 0.6 is 23.1 Å². The summed E-state index contributed by atoms with van der Waals surface area (Å²) in [6, 6.07) is 26.6. The number of thioether (sulfide) groups is 1. The van der Waals surface area contributed by atoms with E-state index in [-0.39, 0.29) is 22.9 Å². The third-order valence-electron chi connectivity index (χ3n) is 7.41. The number of benzene rings is 4. The molecule has 1 atom stereocenters. The van der Waals surface area contributed by atoms with Crippen molar-refractivity contribution in [1.29, 1.82) is 0 Å². The number of aromatic nitrogens is 1. The molecule has 14 heteroatoms. The Hall–Kier alpha value is -5.99. The molecule has 0 saturated heterocycles. The summed E-state index contributed by atoms with van der Waals surface area (Å²) in [5, 5.41) is 21.7. The van der Waals surface area contributed by atoms with E-state index in [0.29, 0.717) is 44.9 Å². The average molecular weight is 724 g/mol. The number of ether oxygens (including phenoxy) is 2. The fourth-order valence-electron chi connectivity index (χ4n) is 4.85. The Balaban J connectivity index is 1.30. The predicted molar refractivity (Wildman–Crippen MR) is 199 cm³/mol. The highest BCUT2D eigenvalue weighted by Gasteiger charge is 2.22. The zero-order valence-corrected chi connectivity index (χ0v) is 29.4. The molecule has 4 aromatic carbocycles. The normalized spacial score (nSPS) is 11.6. The predicted octanol–water partition coefficient (Wildman–Crippen LogP) is 7.65. The van der Waals surface area contributed by atoms with Gasteiger partial charge >= 0.3 is 0 Å². The third-order valence-corrected chi connectivity index (χ3v) is 9.52. The van der Waals surface area contributed by atoms with Gasteiger partial charge in [0.1, 0.15) is 5.70 Å². The van der Waals surface area contributed by atoms with Gasteiger partial charge in [0, 0.05) is 33.2 Å². The van der Waals surface area contributed by atoms with Crippen molar-refractivity contribution in [2.24, 2.45) is 0 Å². The number of thiazole rings is 1. The van der Waals surface area contributed by atoms with Crippen LogP contribution in [-0.4, -0.2) is 47.1 Å². The van der Waals surface area contributed by atoms with Crippen LogP contribution in [0.25, 0.3) is 17.3 Å². The van der Waals surface area contributed by atoms with Gasteiger partial charge in [0.25, 0.3) is 17.5 Å². The molecule has 5 rings (SSSR count). The molecule has 1 aromatic heterocycles. The summed E-state index contributed by atoms with van der Waals surface area (Å²) in [6.07, 6.45) is 1.77. The molecule has 1 heterocycles. The fraction of sp³-hybridized carbons (Fsp3) is 0.135. The Morgan fingerprint density at radius 1 is 0.922 bits per heavy atom. The van der Waals surface area contributed by atoms with Crippen LogP contribution in [0.5, 0.6) is 11.5 Å². The minimum Gasteiger partial charge on any atom is -0.493 e. The van der Waals surface area contributed by atoms with Crippen molar-refractivity contribution in [3.63, 3.8) is 0 Å². The van der Waals surface area contributed by atoms with Crippen LogP contribution in [0.2, 0.25) is 0 Å². The Labute approximate surface area is 302 Å². The molecule has 260 valence electrons. The second-order valence-corrected chi connectivity index (χ2v) is 12.9. The molecule has 0 radical (unpaired) electrons. The van der Waals surface area contributed by atoms with Crippen LogP contribution < -0.4 is 25.4 Å². The van der Waals surface area contributed by atoms with E-state index in [4.69, 9.17) is 9.47 Å². The molecule has 0 fully saturated rings.